The highest BCUT2D eigenvalue weighted by Crippen LogP contribution is 2.25. The summed E-state index contributed by atoms with van der Waals surface area (Å²) in [6, 6.07) is 3.86. The first-order valence-electron chi connectivity index (χ1n) is 5.54. The van der Waals surface area contributed by atoms with Gasteiger partial charge in [-0.15, -0.1) is 0 Å². The SMILES string of the molecule is CNc1nc(C)nc(-c2cncc(C#N)c2)c1C. The Bertz CT molecular complexity index is 628. The van der Waals surface area contributed by atoms with Crippen LogP contribution < -0.4 is 5.32 Å². The first-order valence-corrected chi connectivity index (χ1v) is 5.54. The molecule has 90 valence electrons. The standard InChI is InChI=1S/C13H13N5/c1-8-12(17-9(2)18-13(8)15-3)11-4-10(5-14)6-16-7-11/h4,6-7H,1-3H3,(H,15,17,18). The maximum atomic E-state index is 8.90. The molecule has 18 heavy (non-hydrogen) atoms. The molecule has 0 saturated carbocycles. The molecule has 2 aromatic heterocycles. The molecular weight excluding hydrogens is 226 g/mol. The van der Waals surface area contributed by atoms with Crippen LogP contribution >= 0.6 is 0 Å². The Kier molecular flexibility index (Phi) is 3.20. The zero-order chi connectivity index (χ0) is 13.1. The molecule has 0 aliphatic rings. The molecule has 0 unspecified atom stereocenters. The quantitative estimate of drug-likeness (QED) is 0.868. The molecule has 0 aromatic carbocycles. The molecule has 0 fully saturated rings. The van der Waals surface area contributed by atoms with Crippen LogP contribution in [0.15, 0.2) is 18.5 Å². The fourth-order valence-electron chi connectivity index (χ4n) is 1.78. The van der Waals surface area contributed by atoms with Gasteiger partial charge in [0.15, 0.2) is 0 Å². The molecule has 0 spiro atoms. The van der Waals surface area contributed by atoms with E-state index in [0.29, 0.717) is 11.4 Å². The summed E-state index contributed by atoms with van der Waals surface area (Å²) in [5, 5.41) is 11.9. The Morgan fingerprint density at radius 3 is 2.67 bits per heavy atom. The second-order valence-corrected chi connectivity index (χ2v) is 3.92. The summed E-state index contributed by atoms with van der Waals surface area (Å²) in [6.07, 6.45) is 3.24. The monoisotopic (exact) mass is 239 g/mol. The summed E-state index contributed by atoms with van der Waals surface area (Å²) >= 11 is 0. The summed E-state index contributed by atoms with van der Waals surface area (Å²) in [4.78, 5) is 12.8. The summed E-state index contributed by atoms with van der Waals surface area (Å²) in [5.41, 5.74) is 3.10. The van der Waals surface area contributed by atoms with Gasteiger partial charge in [0, 0.05) is 30.6 Å². The zero-order valence-corrected chi connectivity index (χ0v) is 10.5. The third kappa shape index (κ3) is 2.13. The fraction of sp³-hybridized carbons (Fsp3) is 0.231. The van der Waals surface area contributed by atoms with E-state index in [1.54, 1.807) is 12.3 Å². The zero-order valence-electron chi connectivity index (χ0n) is 10.5. The summed E-state index contributed by atoms with van der Waals surface area (Å²) < 4.78 is 0. The molecule has 1 N–H and O–H groups in total. The van der Waals surface area contributed by atoms with Crippen molar-refractivity contribution in [2.75, 3.05) is 12.4 Å². The highest BCUT2D eigenvalue weighted by Gasteiger charge is 2.10. The van der Waals surface area contributed by atoms with E-state index in [0.717, 1.165) is 22.6 Å². The van der Waals surface area contributed by atoms with Crippen LogP contribution in [0.25, 0.3) is 11.3 Å². The highest BCUT2D eigenvalue weighted by atomic mass is 15.0. The van der Waals surface area contributed by atoms with Crippen molar-refractivity contribution in [2.45, 2.75) is 13.8 Å². The van der Waals surface area contributed by atoms with Gasteiger partial charge >= 0.3 is 0 Å². The molecule has 0 aliphatic heterocycles. The van der Waals surface area contributed by atoms with Crippen LogP contribution in [0.2, 0.25) is 0 Å². The van der Waals surface area contributed by atoms with Gasteiger partial charge in [-0.1, -0.05) is 0 Å². The lowest BCUT2D eigenvalue weighted by Gasteiger charge is -2.10. The molecule has 0 atom stereocenters. The van der Waals surface area contributed by atoms with Gasteiger partial charge < -0.3 is 5.32 Å². The van der Waals surface area contributed by atoms with E-state index in [1.165, 1.54) is 6.20 Å². The Hall–Kier alpha value is -2.48. The second kappa shape index (κ2) is 4.80. The van der Waals surface area contributed by atoms with Crippen LogP contribution in [-0.4, -0.2) is 22.0 Å². The van der Waals surface area contributed by atoms with E-state index in [2.05, 4.69) is 26.3 Å². The lowest BCUT2D eigenvalue weighted by molar-refractivity contribution is 1.03. The molecule has 0 bridgehead atoms. The Morgan fingerprint density at radius 1 is 1.22 bits per heavy atom. The number of aryl methyl sites for hydroxylation is 1. The lowest BCUT2D eigenvalue weighted by atomic mass is 10.1. The number of nitrogens with one attached hydrogen (secondary N) is 1. The van der Waals surface area contributed by atoms with E-state index in [-0.39, 0.29) is 0 Å². The number of pyridine rings is 1. The van der Waals surface area contributed by atoms with E-state index < -0.39 is 0 Å². The van der Waals surface area contributed by atoms with Crippen LogP contribution in [0, 0.1) is 25.2 Å². The third-order valence-corrected chi connectivity index (χ3v) is 2.64. The third-order valence-electron chi connectivity index (χ3n) is 2.64. The highest BCUT2D eigenvalue weighted by molar-refractivity contribution is 5.68. The minimum Gasteiger partial charge on any atom is -0.373 e. The summed E-state index contributed by atoms with van der Waals surface area (Å²) in [6.45, 7) is 3.78. The molecule has 2 rings (SSSR count). The van der Waals surface area contributed by atoms with E-state index in [4.69, 9.17) is 5.26 Å². The Morgan fingerprint density at radius 2 is 2.00 bits per heavy atom. The smallest absolute Gasteiger partial charge is 0.132 e. The average Bonchev–Trinajstić information content (AvgIpc) is 2.41. The lowest BCUT2D eigenvalue weighted by Crippen LogP contribution is -2.03. The molecule has 0 radical (unpaired) electrons. The van der Waals surface area contributed by atoms with Gasteiger partial charge in [0.2, 0.25) is 0 Å². The van der Waals surface area contributed by atoms with E-state index in [9.17, 15) is 0 Å². The number of hydrogen-bond acceptors (Lipinski definition) is 5. The number of nitrogens with zero attached hydrogens (tertiary/aromatic N) is 4. The van der Waals surface area contributed by atoms with Crippen LogP contribution in [-0.2, 0) is 0 Å². The van der Waals surface area contributed by atoms with Crippen LogP contribution in [0.5, 0.6) is 0 Å². The molecule has 0 amide bonds. The molecule has 2 heterocycles. The number of rotatable bonds is 2. The predicted molar refractivity (Wildman–Crippen MR) is 69.0 cm³/mol. The van der Waals surface area contributed by atoms with Crippen molar-refractivity contribution in [2.24, 2.45) is 0 Å². The maximum Gasteiger partial charge on any atom is 0.132 e. The molecule has 0 saturated heterocycles. The van der Waals surface area contributed by atoms with Crippen molar-refractivity contribution >= 4 is 5.82 Å². The van der Waals surface area contributed by atoms with Gasteiger partial charge in [0.05, 0.1) is 11.3 Å². The number of nitriles is 1. The van der Waals surface area contributed by atoms with Gasteiger partial charge in [-0.05, 0) is 19.9 Å². The van der Waals surface area contributed by atoms with Gasteiger partial charge in [-0.3, -0.25) is 4.98 Å². The van der Waals surface area contributed by atoms with Crippen LogP contribution in [0.4, 0.5) is 5.82 Å². The van der Waals surface area contributed by atoms with Gasteiger partial charge in [0.1, 0.15) is 17.7 Å². The molecule has 0 aliphatic carbocycles. The van der Waals surface area contributed by atoms with Crippen molar-refractivity contribution < 1.29 is 0 Å². The fourth-order valence-corrected chi connectivity index (χ4v) is 1.78. The van der Waals surface area contributed by atoms with Crippen LogP contribution in [0.1, 0.15) is 17.0 Å². The van der Waals surface area contributed by atoms with Gasteiger partial charge in [-0.2, -0.15) is 5.26 Å². The number of hydrogen-bond donors (Lipinski definition) is 1. The van der Waals surface area contributed by atoms with E-state index in [1.807, 2.05) is 20.9 Å². The van der Waals surface area contributed by atoms with Crippen molar-refractivity contribution in [1.29, 1.82) is 5.26 Å². The van der Waals surface area contributed by atoms with E-state index >= 15 is 0 Å². The summed E-state index contributed by atoms with van der Waals surface area (Å²) in [5.74, 6) is 1.47. The second-order valence-electron chi connectivity index (χ2n) is 3.92. The number of aromatic nitrogens is 3. The summed E-state index contributed by atoms with van der Waals surface area (Å²) in [7, 11) is 1.82. The van der Waals surface area contributed by atoms with Gasteiger partial charge in [0.25, 0.3) is 0 Å². The topological polar surface area (TPSA) is 74.5 Å². The van der Waals surface area contributed by atoms with Crippen molar-refractivity contribution in [1.82, 2.24) is 15.0 Å². The predicted octanol–water partition coefficient (Wildman–Crippen LogP) is 2.07. The van der Waals surface area contributed by atoms with Crippen molar-refractivity contribution in [3.63, 3.8) is 0 Å². The Balaban J connectivity index is 2.63. The largest absolute Gasteiger partial charge is 0.373 e. The molecule has 5 heteroatoms. The molecule has 2 aromatic rings. The first kappa shape index (κ1) is 12.0. The normalized spacial score (nSPS) is 9.89. The molecular formula is C13H13N5. The molecule has 5 nitrogen and oxygen atoms in total. The minimum atomic E-state index is 0.522. The Labute approximate surface area is 106 Å². The minimum absolute atomic E-state index is 0.522. The maximum absolute atomic E-state index is 8.90. The first-order chi connectivity index (χ1) is 8.65. The average molecular weight is 239 g/mol. The van der Waals surface area contributed by atoms with Gasteiger partial charge in [-0.25, -0.2) is 9.97 Å². The number of anilines is 1. The van der Waals surface area contributed by atoms with Crippen LogP contribution in [0.3, 0.4) is 0 Å². The van der Waals surface area contributed by atoms with Crippen molar-refractivity contribution in [3.8, 4) is 17.3 Å². The van der Waals surface area contributed by atoms with Crippen molar-refractivity contribution in [3.05, 3.63) is 35.4 Å².